The fourth-order valence-corrected chi connectivity index (χ4v) is 2.83. The van der Waals surface area contributed by atoms with Crippen molar-refractivity contribution in [1.29, 1.82) is 10.5 Å². The van der Waals surface area contributed by atoms with Gasteiger partial charge in [-0.15, -0.1) is 0 Å². The topological polar surface area (TPSA) is 98.7 Å². The number of rotatable bonds is 4. The molecule has 1 aliphatic rings. The van der Waals surface area contributed by atoms with Gasteiger partial charge in [-0.25, -0.2) is 0 Å². The molecule has 26 heavy (non-hydrogen) atoms. The summed E-state index contributed by atoms with van der Waals surface area (Å²) in [5.74, 6) is 0.280. The smallest absolute Gasteiger partial charge is 0.237 e. The summed E-state index contributed by atoms with van der Waals surface area (Å²) in [5, 5.41) is 30.5. The highest BCUT2D eigenvalue weighted by atomic mass is 16.3. The summed E-state index contributed by atoms with van der Waals surface area (Å²) in [6, 6.07) is 18.4. The molecule has 0 aromatic heterocycles. The molecule has 0 bridgehead atoms. The van der Waals surface area contributed by atoms with Gasteiger partial charge in [0.15, 0.2) is 0 Å². The van der Waals surface area contributed by atoms with E-state index >= 15 is 0 Å². The predicted octanol–water partition coefficient (Wildman–Crippen LogP) is 2.53. The molecule has 0 saturated carbocycles. The molecule has 1 fully saturated rings. The van der Waals surface area contributed by atoms with E-state index in [9.17, 15) is 5.11 Å². The van der Waals surface area contributed by atoms with Crippen LogP contribution in [0.2, 0.25) is 0 Å². The fraction of sp³-hybridized carbons (Fsp3) is 0.211. The first-order chi connectivity index (χ1) is 12.7. The number of aromatic hydroxyl groups is 1. The molecular weight excluding hydrogens is 328 g/mol. The number of phenolic OH excluding ortho intramolecular Hbond substituents is 1. The number of anilines is 3. The van der Waals surface area contributed by atoms with Crippen molar-refractivity contribution in [3.8, 4) is 17.9 Å². The van der Waals surface area contributed by atoms with E-state index in [4.69, 9.17) is 10.5 Å². The van der Waals surface area contributed by atoms with Crippen molar-refractivity contribution in [2.45, 2.75) is 0 Å². The van der Waals surface area contributed by atoms with Gasteiger partial charge in [-0.2, -0.15) is 15.6 Å². The Hall–Kier alpha value is -3.71. The Bertz CT molecular complexity index is 837. The summed E-state index contributed by atoms with van der Waals surface area (Å²) < 4.78 is 0. The molecule has 0 spiro atoms. The number of benzene rings is 2. The Kier molecular flexibility index (Phi) is 5.21. The van der Waals surface area contributed by atoms with Crippen LogP contribution in [0.3, 0.4) is 0 Å². The zero-order valence-corrected chi connectivity index (χ0v) is 14.1. The number of hydrogen-bond acceptors (Lipinski definition) is 7. The Balaban J connectivity index is 1.58. The van der Waals surface area contributed by atoms with Crippen LogP contribution in [0.15, 0.2) is 53.6 Å². The summed E-state index contributed by atoms with van der Waals surface area (Å²) in [6.45, 7) is 3.61. The third-order valence-corrected chi connectivity index (χ3v) is 4.24. The van der Waals surface area contributed by atoms with Gasteiger partial charge in [0.05, 0.1) is 5.69 Å². The first-order valence-electron chi connectivity index (χ1n) is 8.22. The van der Waals surface area contributed by atoms with Crippen molar-refractivity contribution in [1.82, 2.24) is 0 Å². The van der Waals surface area contributed by atoms with Gasteiger partial charge in [-0.3, -0.25) is 5.43 Å². The molecular formula is C19H18N6O. The Labute approximate surface area is 152 Å². The van der Waals surface area contributed by atoms with E-state index in [1.807, 2.05) is 36.4 Å². The van der Waals surface area contributed by atoms with Gasteiger partial charge in [0.25, 0.3) is 0 Å². The van der Waals surface area contributed by atoms with E-state index < -0.39 is 0 Å². The highest BCUT2D eigenvalue weighted by Crippen LogP contribution is 2.23. The molecule has 1 aliphatic heterocycles. The van der Waals surface area contributed by atoms with E-state index in [1.54, 1.807) is 24.3 Å². The van der Waals surface area contributed by atoms with E-state index in [-0.39, 0.29) is 11.5 Å². The molecule has 0 atom stereocenters. The number of nitrogens with zero attached hydrogens (tertiary/aromatic N) is 5. The van der Waals surface area contributed by atoms with Crippen LogP contribution in [-0.4, -0.2) is 37.0 Å². The first kappa shape index (κ1) is 17.1. The maximum absolute atomic E-state index is 9.39. The molecule has 2 N–H and O–H groups in total. The van der Waals surface area contributed by atoms with Gasteiger partial charge in [0.1, 0.15) is 17.9 Å². The second-order valence-corrected chi connectivity index (χ2v) is 5.83. The van der Waals surface area contributed by atoms with Crippen LogP contribution in [-0.2, 0) is 0 Å². The van der Waals surface area contributed by atoms with Crippen LogP contribution in [0.4, 0.5) is 17.1 Å². The zero-order chi connectivity index (χ0) is 18.4. The average molecular weight is 346 g/mol. The average Bonchev–Trinajstić information content (AvgIpc) is 2.70. The number of hydrogen-bond donors (Lipinski definition) is 2. The Morgan fingerprint density at radius 1 is 0.846 bits per heavy atom. The van der Waals surface area contributed by atoms with Crippen LogP contribution in [0, 0.1) is 22.7 Å². The molecule has 3 rings (SSSR count). The Morgan fingerprint density at radius 2 is 1.31 bits per heavy atom. The van der Waals surface area contributed by atoms with Crippen molar-refractivity contribution in [2.75, 3.05) is 41.4 Å². The molecule has 1 saturated heterocycles. The second kappa shape index (κ2) is 7.91. The van der Waals surface area contributed by atoms with Gasteiger partial charge < -0.3 is 14.9 Å². The van der Waals surface area contributed by atoms with E-state index in [1.165, 1.54) is 0 Å². The summed E-state index contributed by atoms with van der Waals surface area (Å²) >= 11 is 0. The molecule has 2 aromatic rings. The molecule has 2 aromatic carbocycles. The lowest BCUT2D eigenvalue weighted by atomic mass is 10.2. The maximum atomic E-state index is 9.39. The third-order valence-electron chi connectivity index (χ3n) is 4.24. The standard InChI is InChI=1S/C19H18N6O/c20-13-16(14-21)23-22-15-1-3-17(4-2-15)24-9-11-25(12-10-24)18-5-7-19(26)8-6-18/h1-8,22,26H,9-12H2. The van der Waals surface area contributed by atoms with Gasteiger partial charge in [-0.1, -0.05) is 0 Å². The maximum Gasteiger partial charge on any atom is 0.237 e. The van der Waals surface area contributed by atoms with Crippen LogP contribution in [0.1, 0.15) is 0 Å². The van der Waals surface area contributed by atoms with Crippen molar-refractivity contribution in [2.24, 2.45) is 5.10 Å². The first-order valence-corrected chi connectivity index (χ1v) is 8.22. The molecule has 0 aliphatic carbocycles. The van der Waals surface area contributed by atoms with Gasteiger partial charge in [0, 0.05) is 37.6 Å². The highest BCUT2D eigenvalue weighted by Gasteiger charge is 2.17. The minimum Gasteiger partial charge on any atom is -0.508 e. The molecule has 7 nitrogen and oxygen atoms in total. The zero-order valence-electron chi connectivity index (χ0n) is 14.1. The van der Waals surface area contributed by atoms with E-state index in [0.717, 1.165) is 43.2 Å². The van der Waals surface area contributed by atoms with Crippen LogP contribution in [0.5, 0.6) is 5.75 Å². The number of nitriles is 2. The lowest BCUT2D eigenvalue weighted by molar-refractivity contribution is 0.475. The van der Waals surface area contributed by atoms with E-state index in [0.29, 0.717) is 0 Å². The number of phenols is 1. The van der Waals surface area contributed by atoms with Crippen LogP contribution >= 0.6 is 0 Å². The van der Waals surface area contributed by atoms with Crippen molar-refractivity contribution in [3.63, 3.8) is 0 Å². The van der Waals surface area contributed by atoms with Crippen molar-refractivity contribution in [3.05, 3.63) is 48.5 Å². The fourth-order valence-electron chi connectivity index (χ4n) is 2.83. The third kappa shape index (κ3) is 4.03. The minimum atomic E-state index is -0.209. The van der Waals surface area contributed by atoms with Crippen LogP contribution < -0.4 is 15.2 Å². The van der Waals surface area contributed by atoms with E-state index in [2.05, 4.69) is 20.3 Å². The molecule has 0 amide bonds. The summed E-state index contributed by atoms with van der Waals surface area (Å²) in [6.07, 6.45) is 0. The molecule has 130 valence electrons. The van der Waals surface area contributed by atoms with Gasteiger partial charge in [0.2, 0.25) is 5.71 Å². The number of hydrazone groups is 1. The molecule has 0 radical (unpaired) electrons. The summed E-state index contributed by atoms with van der Waals surface area (Å²) in [4.78, 5) is 4.60. The van der Waals surface area contributed by atoms with Gasteiger partial charge in [-0.05, 0) is 48.5 Å². The molecule has 0 unspecified atom stereocenters. The Morgan fingerprint density at radius 3 is 1.77 bits per heavy atom. The summed E-state index contributed by atoms with van der Waals surface area (Å²) in [5.41, 5.74) is 5.45. The normalized spacial score (nSPS) is 13.5. The largest absolute Gasteiger partial charge is 0.508 e. The SMILES string of the molecule is N#CC(C#N)=NNc1ccc(N2CCN(c3ccc(O)cc3)CC2)cc1. The molecule has 1 heterocycles. The minimum absolute atomic E-state index is 0.209. The highest BCUT2D eigenvalue weighted by molar-refractivity contribution is 6.10. The van der Waals surface area contributed by atoms with Crippen LogP contribution in [0.25, 0.3) is 0 Å². The summed E-state index contributed by atoms with van der Waals surface area (Å²) in [7, 11) is 0. The van der Waals surface area contributed by atoms with Crippen molar-refractivity contribution >= 4 is 22.8 Å². The molecule has 7 heteroatoms. The number of piperazine rings is 1. The lowest BCUT2D eigenvalue weighted by Gasteiger charge is -2.37. The quantitative estimate of drug-likeness (QED) is 0.652. The predicted molar refractivity (Wildman–Crippen MR) is 101 cm³/mol. The second-order valence-electron chi connectivity index (χ2n) is 5.83. The monoisotopic (exact) mass is 346 g/mol. The lowest BCUT2D eigenvalue weighted by Crippen LogP contribution is -2.46. The van der Waals surface area contributed by atoms with Gasteiger partial charge >= 0.3 is 0 Å². The number of nitrogens with one attached hydrogen (secondary N) is 1. The van der Waals surface area contributed by atoms with Crippen molar-refractivity contribution < 1.29 is 5.11 Å².